The summed E-state index contributed by atoms with van der Waals surface area (Å²) in [4.78, 5) is 0. The van der Waals surface area contributed by atoms with E-state index < -0.39 is 0 Å². The van der Waals surface area contributed by atoms with Crippen molar-refractivity contribution in [3.05, 3.63) is 35.4 Å². The highest BCUT2D eigenvalue weighted by molar-refractivity contribution is 5.30. The Hall–Kier alpha value is -0.820. The molecule has 0 bridgehead atoms. The van der Waals surface area contributed by atoms with Gasteiger partial charge < -0.3 is 5.32 Å². The topological polar surface area (TPSA) is 12.0 Å². The second-order valence-corrected chi connectivity index (χ2v) is 5.50. The van der Waals surface area contributed by atoms with Crippen LogP contribution in [0.2, 0.25) is 0 Å². The van der Waals surface area contributed by atoms with Gasteiger partial charge in [-0.15, -0.1) is 0 Å². The third-order valence-electron chi connectivity index (χ3n) is 4.37. The number of hydrogen-bond donors (Lipinski definition) is 1. The zero-order valence-corrected chi connectivity index (χ0v) is 11.4. The van der Waals surface area contributed by atoms with E-state index in [9.17, 15) is 0 Å². The predicted octanol–water partition coefficient (Wildman–Crippen LogP) is 4.19. The van der Waals surface area contributed by atoms with Gasteiger partial charge in [0.05, 0.1) is 0 Å². The molecule has 0 saturated carbocycles. The molecule has 1 aliphatic heterocycles. The molecule has 1 aromatic carbocycles. The largest absolute Gasteiger partial charge is 0.308 e. The Balaban J connectivity index is 2.17. The fourth-order valence-electron chi connectivity index (χ4n) is 3.02. The summed E-state index contributed by atoms with van der Waals surface area (Å²) in [5.74, 6) is 0.730. The minimum Gasteiger partial charge on any atom is -0.308 e. The van der Waals surface area contributed by atoms with E-state index in [1.54, 1.807) is 0 Å². The molecule has 1 saturated heterocycles. The second-order valence-electron chi connectivity index (χ2n) is 5.50. The van der Waals surface area contributed by atoms with Crippen LogP contribution >= 0.6 is 0 Å². The van der Waals surface area contributed by atoms with Crippen molar-refractivity contribution in [2.75, 3.05) is 6.54 Å². The molecular formula is C16H25N. The van der Waals surface area contributed by atoms with Gasteiger partial charge in [0.2, 0.25) is 0 Å². The van der Waals surface area contributed by atoms with Crippen molar-refractivity contribution in [3.63, 3.8) is 0 Å². The zero-order valence-electron chi connectivity index (χ0n) is 11.4. The zero-order chi connectivity index (χ0) is 12.3. The van der Waals surface area contributed by atoms with E-state index >= 15 is 0 Å². The van der Waals surface area contributed by atoms with Gasteiger partial charge in [0, 0.05) is 5.54 Å². The molecule has 94 valence electrons. The molecule has 1 fully saturated rings. The maximum Gasteiger partial charge on any atom is 0.0406 e. The van der Waals surface area contributed by atoms with E-state index in [2.05, 4.69) is 50.4 Å². The molecule has 1 heteroatoms. The first kappa shape index (κ1) is 12.6. The van der Waals surface area contributed by atoms with Crippen LogP contribution < -0.4 is 5.32 Å². The van der Waals surface area contributed by atoms with Gasteiger partial charge in [-0.1, -0.05) is 38.1 Å². The van der Waals surface area contributed by atoms with Crippen LogP contribution in [0.25, 0.3) is 0 Å². The maximum absolute atomic E-state index is 3.63. The first-order chi connectivity index (χ1) is 8.19. The smallest absolute Gasteiger partial charge is 0.0406 e. The summed E-state index contributed by atoms with van der Waals surface area (Å²) in [5.41, 5.74) is 3.16. The molecule has 1 nitrogen and oxygen atoms in total. The molecule has 17 heavy (non-hydrogen) atoms. The van der Waals surface area contributed by atoms with Gasteiger partial charge in [0.25, 0.3) is 0 Å². The van der Waals surface area contributed by atoms with Crippen LogP contribution in [0.5, 0.6) is 0 Å². The molecule has 0 amide bonds. The van der Waals surface area contributed by atoms with Crippen molar-refractivity contribution < 1.29 is 0 Å². The minimum atomic E-state index is 0.215. The second kappa shape index (κ2) is 5.22. The van der Waals surface area contributed by atoms with Crippen molar-refractivity contribution in [1.29, 1.82) is 0 Å². The minimum absolute atomic E-state index is 0.215. The lowest BCUT2D eigenvalue weighted by molar-refractivity contribution is 0.434. The fourth-order valence-corrected chi connectivity index (χ4v) is 3.02. The van der Waals surface area contributed by atoms with Crippen LogP contribution in [-0.4, -0.2) is 6.54 Å². The molecule has 0 aliphatic carbocycles. The lowest BCUT2D eigenvalue weighted by Gasteiger charge is -2.25. The van der Waals surface area contributed by atoms with Crippen molar-refractivity contribution in [2.45, 2.75) is 57.9 Å². The third-order valence-corrected chi connectivity index (χ3v) is 4.37. The highest BCUT2D eigenvalue weighted by Crippen LogP contribution is 2.31. The molecule has 0 radical (unpaired) electrons. The Morgan fingerprint density at radius 1 is 1.18 bits per heavy atom. The van der Waals surface area contributed by atoms with Crippen LogP contribution in [0.15, 0.2) is 24.3 Å². The molecular weight excluding hydrogens is 206 g/mol. The van der Waals surface area contributed by atoms with Crippen molar-refractivity contribution in [1.82, 2.24) is 5.32 Å². The lowest BCUT2D eigenvalue weighted by atomic mass is 9.87. The normalized spacial score (nSPS) is 24.5. The van der Waals surface area contributed by atoms with E-state index in [1.165, 1.54) is 36.8 Å². The van der Waals surface area contributed by atoms with Crippen LogP contribution in [0.4, 0.5) is 0 Å². The summed E-state index contributed by atoms with van der Waals surface area (Å²) in [6, 6.07) is 9.31. The molecule has 0 aromatic heterocycles. The van der Waals surface area contributed by atoms with Gasteiger partial charge in [-0.3, -0.25) is 0 Å². The molecule has 1 heterocycles. The maximum atomic E-state index is 3.63. The summed E-state index contributed by atoms with van der Waals surface area (Å²) in [6.07, 6.45) is 5.04. The Morgan fingerprint density at radius 2 is 1.82 bits per heavy atom. The van der Waals surface area contributed by atoms with Crippen LogP contribution in [0.1, 0.15) is 63.5 Å². The lowest BCUT2D eigenvalue weighted by Crippen LogP contribution is -2.33. The molecule has 2 rings (SSSR count). The summed E-state index contributed by atoms with van der Waals surface area (Å²) in [5, 5.41) is 3.63. The van der Waals surface area contributed by atoms with Crippen molar-refractivity contribution >= 4 is 0 Å². The Morgan fingerprint density at radius 3 is 2.29 bits per heavy atom. The van der Waals surface area contributed by atoms with E-state index in [4.69, 9.17) is 0 Å². The Kier molecular flexibility index (Phi) is 3.88. The first-order valence-corrected chi connectivity index (χ1v) is 7.05. The van der Waals surface area contributed by atoms with Gasteiger partial charge in [0.1, 0.15) is 0 Å². The van der Waals surface area contributed by atoms with E-state index in [-0.39, 0.29) is 5.54 Å². The summed E-state index contributed by atoms with van der Waals surface area (Å²) in [7, 11) is 0. The van der Waals surface area contributed by atoms with Crippen LogP contribution in [-0.2, 0) is 5.54 Å². The van der Waals surface area contributed by atoms with Crippen LogP contribution in [0.3, 0.4) is 0 Å². The Bertz CT molecular complexity index is 342. The fraction of sp³-hybridized carbons (Fsp3) is 0.625. The Labute approximate surface area is 106 Å². The molecule has 0 spiro atoms. The van der Waals surface area contributed by atoms with Gasteiger partial charge in [-0.2, -0.15) is 0 Å². The standard InChI is InChI=1S/C16H25N/c1-4-13(5-2)14-7-9-15(10-8-14)16(3)11-6-12-17-16/h7-10,13,17H,4-6,11-12H2,1-3H3. The molecule has 1 N–H and O–H groups in total. The van der Waals surface area contributed by atoms with E-state index in [0.717, 1.165) is 12.5 Å². The summed E-state index contributed by atoms with van der Waals surface area (Å²) < 4.78 is 0. The molecule has 1 aliphatic rings. The van der Waals surface area contributed by atoms with Gasteiger partial charge in [-0.05, 0) is 56.2 Å². The van der Waals surface area contributed by atoms with Gasteiger partial charge in [0.15, 0.2) is 0 Å². The predicted molar refractivity (Wildman–Crippen MR) is 74.4 cm³/mol. The quantitative estimate of drug-likeness (QED) is 0.819. The third kappa shape index (κ3) is 2.55. The highest BCUT2D eigenvalue weighted by Gasteiger charge is 2.29. The van der Waals surface area contributed by atoms with E-state index in [1.807, 2.05) is 0 Å². The monoisotopic (exact) mass is 231 g/mol. The molecule has 1 atom stereocenters. The number of benzene rings is 1. The van der Waals surface area contributed by atoms with Gasteiger partial charge in [-0.25, -0.2) is 0 Å². The van der Waals surface area contributed by atoms with E-state index in [0.29, 0.717) is 0 Å². The molecule has 1 aromatic rings. The average molecular weight is 231 g/mol. The van der Waals surface area contributed by atoms with Crippen molar-refractivity contribution in [3.8, 4) is 0 Å². The number of hydrogen-bond acceptors (Lipinski definition) is 1. The summed E-state index contributed by atoms with van der Waals surface area (Å²) >= 11 is 0. The number of rotatable bonds is 4. The van der Waals surface area contributed by atoms with Crippen molar-refractivity contribution in [2.24, 2.45) is 0 Å². The first-order valence-electron chi connectivity index (χ1n) is 7.05. The van der Waals surface area contributed by atoms with Crippen LogP contribution in [0, 0.1) is 0 Å². The average Bonchev–Trinajstić information content (AvgIpc) is 2.80. The summed E-state index contributed by atoms with van der Waals surface area (Å²) in [6.45, 7) is 8.04. The van der Waals surface area contributed by atoms with Gasteiger partial charge >= 0.3 is 0 Å². The SMILES string of the molecule is CCC(CC)c1ccc(C2(C)CCCN2)cc1. The highest BCUT2D eigenvalue weighted by atomic mass is 15.0. The molecule has 1 unspecified atom stereocenters. The number of nitrogens with one attached hydrogen (secondary N) is 1.